The van der Waals surface area contributed by atoms with Crippen LogP contribution in [0.4, 0.5) is 0 Å². The molecule has 0 saturated heterocycles. The Morgan fingerprint density at radius 2 is 1.23 bits per heavy atom. The highest BCUT2D eigenvalue weighted by Crippen LogP contribution is 2.36. The molecule has 26 heavy (non-hydrogen) atoms. The summed E-state index contributed by atoms with van der Waals surface area (Å²) >= 11 is 0. The lowest BCUT2D eigenvalue weighted by Crippen LogP contribution is -2.19. The van der Waals surface area contributed by atoms with Crippen molar-refractivity contribution in [2.24, 2.45) is 23.7 Å². The molecule has 2 fully saturated rings. The van der Waals surface area contributed by atoms with Crippen molar-refractivity contribution in [3.63, 3.8) is 0 Å². The zero-order valence-electron chi connectivity index (χ0n) is 15.6. The predicted octanol–water partition coefficient (Wildman–Crippen LogP) is 2.64. The van der Waals surface area contributed by atoms with Crippen LogP contribution in [0.15, 0.2) is 12.2 Å². The van der Waals surface area contributed by atoms with Crippen LogP contribution in [0.3, 0.4) is 0 Å². The molecule has 0 heterocycles. The van der Waals surface area contributed by atoms with Gasteiger partial charge in [0.15, 0.2) is 0 Å². The number of hydrogen-bond donors (Lipinski definition) is 0. The first kappa shape index (κ1) is 20.3. The van der Waals surface area contributed by atoms with Gasteiger partial charge < -0.3 is 9.47 Å². The van der Waals surface area contributed by atoms with Gasteiger partial charge in [-0.3, -0.25) is 19.2 Å². The monoisotopic (exact) mass is 364 g/mol. The standard InChI is InChI=1S/C20H28O6/c1-25-19(23)11-13-7-9-17(21)15(13)5-3-4-6-16-14(8-10-18(16)22)12-20(24)26-2/h3-4,13-16H,5-12H2,1-2H3/b4-3-/t13-,14-,15-,16-/m1/s1. The second-order valence-corrected chi connectivity index (χ2v) is 7.25. The fraction of sp³-hybridized carbons (Fsp3) is 0.700. The molecule has 0 aromatic heterocycles. The number of Topliss-reactive ketones (excluding diaryl/α,β-unsaturated/α-hetero) is 2. The first-order valence-corrected chi connectivity index (χ1v) is 9.30. The lowest BCUT2D eigenvalue weighted by Gasteiger charge is -2.16. The number of methoxy groups -OCH3 is 2. The van der Waals surface area contributed by atoms with E-state index in [0.717, 1.165) is 12.8 Å². The summed E-state index contributed by atoms with van der Waals surface area (Å²) in [5, 5.41) is 0. The first-order chi connectivity index (χ1) is 12.5. The third-order valence-corrected chi connectivity index (χ3v) is 5.75. The largest absolute Gasteiger partial charge is 0.469 e. The van der Waals surface area contributed by atoms with E-state index in [4.69, 9.17) is 9.47 Å². The number of esters is 2. The Morgan fingerprint density at radius 3 is 1.58 bits per heavy atom. The van der Waals surface area contributed by atoms with Gasteiger partial charge in [0.2, 0.25) is 0 Å². The van der Waals surface area contributed by atoms with Crippen LogP contribution in [0.2, 0.25) is 0 Å². The average Bonchev–Trinajstić information content (AvgIpc) is 3.15. The van der Waals surface area contributed by atoms with Crippen molar-refractivity contribution in [1.29, 1.82) is 0 Å². The van der Waals surface area contributed by atoms with Crippen molar-refractivity contribution in [2.75, 3.05) is 14.2 Å². The van der Waals surface area contributed by atoms with E-state index in [1.807, 2.05) is 12.2 Å². The van der Waals surface area contributed by atoms with E-state index < -0.39 is 0 Å². The first-order valence-electron chi connectivity index (χ1n) is 9.30. The molecule has 0 aromatic rings. The maximum Gasteiger partial charge on any atom is 0.305 e. The normalized spacial score (nSPS) is 28.7. The average molecular weight is 364 g/mol. The van der Waals surface area contributed by atoms with Crippen LogP contribution >= 0.6 is 0 Å². The zero-order chi connectivity index (χ0) is 19.1. The Labute approximate surface area is 154 Å². The molecule has 0 bridgehead atoms. The molecule has 0 N–H and O–H groups in total. The molecule has 0 amide bonds. The van der Waals surface area contributed by atoms with Gasteiger partial charge in [-0.05, 0) is 37.5 Å². The molecular weight excluding hydrogens is 336 g/mol. The number of carbonyl (C=O) groups is 4. The Bertz CT molecular complexity index is 529. The van der Waals surface area contributed by atoms with Crippen LogP contribution < -0.4 is 0 Å². The summed E-state index contributed by atoms with van der Waals surface area (Å²) in [6.07, 6.45) is 8.12. The minimum absolute atomic E-state index is 0.0415. The number of hydrogen-bond acceptors (Lipinski definition) is 6. The van der Waals surface area contributed by atoms with Gasteiger partial charge in [0.05, 0.1) is 14.2 Å². The molecule has 0 unspecified atom stereocenters. The van der Waals surface area contributed by atoms with Crippen molar-refractivity contribution >= 4 is 23.5 Å². The smallest absolute Gasteiger partial charge is 0.305 e. The summed E-state index contributed by atoms with van der Waals surface area (Å²) in [5.74, 6) is -0.361. The lowest BCUT2D eigenvalue weighted by atomic mass is 9.87. The van der Waals surface area contributed by atoms with Crippen LogP contribution in [0.25, 0.3) is 0 Å². The van der Waals surface area contributed by atoms with Crippen LogP contribution in [-0.2, 0) is 28.7 Å². The molecule has 2 rings (SSSR count). The molecule has 2 aliphatic rings. The Kier molecular flexibility index (Phi) is 7.54. The molecular formula is C20H28O6. The highest BCUT2D eigenvalue weighted by Gasteiger charge is 2.36. The zero-order valence-corrected chi connectivity index (χ0v) is 15.6. The molecule has 6 heteroatoms. The van der Waals surface area contributed by atoms with Crippen LogP contribution in [0, 0.1) is 23.7 Å². The Morgan fingerprint density at radius 1 is 0.846 bits per heavy atom. The predicted molar refractivity (Wildman–Crippen MR) is 94.1 cm³/mol. The van der Waals surface area contributed by atoms with Crippen LogP contribution in [0.1, 0.15) is 51.4 Å². The third kappa shape index (κ3) is 5.26. The molecule has 0 radical (unpaired) electrons. The summed E-state index contributed by atoms with van der Waals surface area (Å²) in [5.41, 5.74) is 0. The number of allylic oxidation sites excluding steroid dienone is 2. The minimum atomic E-state index is -0.277. The van der Waals surface area contributed by atoms with Crippen molar-refractivity contribution in [3.8, 4) is 0 Å². The maximum atomic E-state index is 12.1. The fourth-order valence-corrected chi connectivity index (χ4v) is 4.17. The molecule has 2 aliphatic carbocycles. The molecule has 2 saturated carbocycles. The third-order valence-electron chi connectivity index (χ3n) is 5.75. The van der Waals surface area contributed by atoms with Gasteiger partial charge in [-0.2, -0.15) is 0 Å². The fourth-order valence-electron chi connectivity index (χ4n) is 4.17. The van der Waals surface area contributed by atoms with Crippen molar-refractivity contribution in [1.82, 2.24) is 0 Å². The molecule has 6 nitrogen and oxygen atoms in total. The minimum Gasteiger partial charge on any atom is -0.469 e. The summed E-state index contributed by atoms with van der Waals surface area (Å²) in [7, 11) is 2.72. The summed E-state index contributed by atoms with van der Waals surface area (Å²) in [6, 6.07) is 0. The number of carbonyl (C=O) groups excluding carboxylic acids is 4. The molecule has 0 aromatic carbocycles. The van der Waals surface area contributed by atoms with Gasteiger partial charge in [0, 0.05) is 37.5 Å². The van der Waals surface area contributed by atoms with Gasteiger partial charge in [-0.15, -0.1) is 0 Å². The highest BCUT2D eigenvalue weighted by molar-refractivity contribution is 5.85. The topological polar surface area (TPSA) is 86.7 Å². The maximum absolute atomic E-state index is 12.1. The van der Waals surface area contributed by atoms with Crippen LogP contribution in [-0.4, -0.2) is 37.7 Å². The van der Waals surface area contributed by atoms with E-state index in [9.17, 15) is 19.2 Å². The van der Waals surface area contributed by atoms with E-state index >= 15 is 0 Å². The summed E-state index contributed by atoms with van der Waals surface area (Å²) in [6.45, 7) is 0. The van der Waals surface area contributed by atoms with E-state index in [0.29, 0.717) is 25.7 Å². The quantitative estimate of drug-likeness (QED) is 0.486. The van der Waals surface area contributed by atoms with E-state index in [2.05, 4.69) is 0 Å². The SMILES string of the molecule is COC(=O)C[C@H]1CCC(=O)[C@@H]1C/C=C\C[C@H]1C(=O)CC[C@@H]1CC(=O)OC. The van der Waals surface area contributed by atoms with E-state index in [-0.39, 0.29) is 60.0 Å². The molecule has 0 spiro atoms. The Balaban J connectivity index is 1.86. The van der Waals surface area contributed by atoms with Crippen LogP contribution in [0.5, 0.6) is 0 Å². The van der Waals surface area contributed by atoms with Crippen molar-refractivity contribution in [3.05, 3.63) is 12.2 Å². The van der Waals surface area contributed by atoms with Crippen molar-refractivity contribution < 1.29 is 28.7 Å². The van der Waals surface area contributed by atoms with Gasteiger partial charge in [-0.1, -0.05) is 12.2 Å². The Hall–Kier alpha value is -1.98. The summed E-state index contributed by atoms with van der Waals surface area (Å²) in [4.78, 5) is 47.1. The number of ketones is 2. The number of ether oxygens (including phenoxy) is 2. The van der Waals surface area contributed by atoms with E-state index in [1.165, 1.54) is 14.2 Å². The molecule has 144 valence electrons. The second-order valence-electron chi connectivity index (χ2n) is 7.25. The van der Waals surface area contributed by atoms with Gasteiger partial charge in [-0.25, -0.2) is 0 Å². The van der Waals surface area contributed by atoms with Gasteiger partial charge >= 0.3 is 11.9 Å². The lowest BCUT2D eigenvalue weighted by molar-refractivity contribution is -0.143. The van der Waals surface area contributed by atoms with Gasteiger partial charge in [0.25, 0.3) is 0 Å². The second kappa shape index (κ2) is 9.64. The van der Waals surface area contributed by atoms with E-state index in [1.54, 1.807) is 0 Å². The van der Waals surface area contributed by atoms with Gasteiger partial charge in [0.1, 0.15) is 11.6 Å². The summed E-state index contributed by atoms with van der Waals surface area (Å²) < 4.78 is 9.42. The molecule has 4 atom stereocenters. The van der Waals surface area contributed by atoms with Crippen molar-refractivity contribution in [2.45, 2.75) is 51.4 Å². The number of rotatable bonds is 8. The molecule has 0 aliphatic heterocycles. The highest BCUT2D eigenvalue weighted by atomic mass is 16.5.